The van der Waals surface area contributed by atoms with Crippen molar-refractivity contribution in [1.29, 1.82) is 0 Å². The zero-order valence-corrected chi connectivity index (χ0v) is 20.7. The van der Waals surface area contributed by atoms with Gasteiger partial charge >= 0.3 is 0 Å². The van der Waals surface area contributed by atoms with Gasteiger partial charge in [0, 0.05) is 21.7 Å². The number of carbonyl (C=O) groups is 2. The lowest BCUT2D eigenvalue weighted by Gasteiger charge is -2.10. The molecule has 0 aliphatic carbocycles. The molecule has 3 rings (SSSR count). The number of thioether (sulfide) groups is 1. The van der Waals surface area contributed by atoms with E-state index in [4.69, 9.17) is 0 Å². The number of hydrogen-bond acceptors (Lipinski definition) is 5. The highest BCUT2D eigenvalue weighted by molar-refractivity contribution is 14.1. The van der Waals surface area contributed by atoms with Crippen molar-refractivity contribution < 1.29 is 18.0 Å². The molecule has 0 aliphatic heterocycles. The third-order valence-electron chi connectivity index (χ3n) is 4.41. The Morgan fingerprint density at radius 1 is 0.935 bits per heavy atom. The maximum Gasteiger partial charge on any atom is 0.261 e. The molecule has 0 radical (unpaired) electrons. The Morgan fingerprint density at radius 3 is 2.16 bits per heavy atom. The van der Waals surface area contributed by atoms with E-state index in [0.717, 1.165) is 32.0 Å². The number of sulfonamides is 1. The maximum atomic E-state index is 12.7. The number of anilines is 1. The summed E-state index contributed by atoms with van der Waals surface area (Å²) in [6.45, 7) is 3.43. The average Bonchev–Trinajstić information content (AvgIpc) is 2.71. The second-order valence-electron chi connectivity index (χ2n) is 6.93. The van der Waals surface area contributed by atoms with Crippen molar-refractivity contribution >= 4 is 61.0 Å². The van der Waals surface area contributed by atoms with E-state index < -0.39 is 10.0 Å². The van der Waals surface area contributed by atoms with Gasteiger partial charge < -0.3 is 0 Å². The molecule has 1 N–H and O–H groups in total. The van der Waals surface area contributed by atoms with Gasteiger partial charge in [-0.15, -0.1) is 0 Å². The molecular formula is C23H20INO4S2. The minimum Gasteiger partial charge on any atom is -0.293 e. The molecule has 31 heavy (non-hydrogen) atoms. The first-order valence-corrected chi connectivity index (χ1v) is 12.9. The van der Waals surface area contributed by atoms with Crippen LogP contribution in [0.5, 0.6) is 0 Å². The van der Waals surface area contributed by atoms with Gasteiger partial charge in [0.25, 0.3) is 10.0 Å². The van der Waals surface area contributed by atoms with E-state index in [1.165, 1.54) is 19.1 Å². The summed E-state index contributed by atoms with van der Waals surface area (Å²) in [5, 5.41) is -0.124. The van der Waals surface area contributed by atoms with Gasteiger partial charge in [-0.05, 0) is 94.7 Å². The summed E-state index contributed by atoms with van der Waals surface area (Å²) in [6.07, 6.45) is 0. The van der Waals surface area contributed by atoms with Crippen LogP contribution in [-0.4, -0.2) is 25.1 Å². The van der Waals surface area contributed by atoms with Crippen molar-refractivity contribution in [1.82, 2.24) is 0 Å². The molecule has 160 valence electrons. The van der Waals surface area contributed by atoms with E-state index in [-0.39, 0.29) is 21.5 Å². The molecule has 0 saturated heterocycles. The fourth-order valence-electron chi connectivity index (χ4n) is 2.92. The summed E-state index contributed by atoms with van der Waals surface area (Å²) < 4.78 is 29.1. The molecule has 0 spiro atoms. The highest BCUT2D eigenvalue weighted by Gasteiger charge is 2.15. The monoisotopic (exact) mass is 565 g/mol. The van der Waals surface area contributed by atoms with E-state index in [2.05, 4.69) is 39.4 Å². The van der Waals surface area contributed by atoms with Crippen molar-refractivity contribution in [2.24, 2.45) is 0 Å². The van der Waals surface area contributed by atoms with Crippen LogP contribution in [0.25, 0.3) is 11.1 Å². The van der Waals surface area contributed by atoms with Crippen molar-refractivity contribution in [3.63, 3.8) is 0 Å². The first-order chi connectivity index (χ1) is 14.6. The lowest BCUT2D eigenvalue weighted by molar-refractivity contribution is -0.109. The SMILES string of the molecule is CC(=O)SCC(=O)c1ccc(NS(=O)(=O)c2ccc(-c3cc(C)cc(I)c3)cc2)cc1. The van der Waals surface area contributed by atoms with Crippen LogP contribution >= 0.6 is 34.4 Å². The van der Waals surface area contributed by atoms with Crippen molar-refractivity contribution in [2.45, 2.75) is 18.7 Å². The van der Waals surface area contributed by atoms with Gasteiger partial charge in [-0.2, -0.15) is 0 Å². The van der Waals surface area contributed by atoms with Crippen LogP contribution in [-0.2, 0) is 14.8 Å². The fraction of sp³-hybridized carbons (Fsp3) is 0.130. The molecule has 0 fully saturated rings. The van der Waals surface area contributed by atoms with Crippen LogP contribution in [0.4, 0.5) is 5.69 Å². The first-order valence-electron chi connectivity index (χ1n) is 9.31. The zero-order valence-electron chi connectivity index (χ0n) is 16.9. The molecule has 3 aromatic rings. The number of ketones is 1. The van der Waals surface area contributed by atoms with Crippen LogP contribution in [0.15, 0.2) is 71.6 Å². The summed E-state index contributed by atoms with van der Waals surface area (Å²) >= 11 is 3.21. The Hall–Kier alpha value is -2.17. The quantitative estimate of drug-likeness (QED) is 0.301. The third kappa shape index (κ3) is 6.41. The molecule has 3 aromatic carbocycles. The fourth-order valence-corrected chi connectivity index (χ4v) is 5.30. The van der Waals surface area contributed by atoms with Crippen LogP contribution in [0.3, 0.4) is 0 Å². The smallest absolute Gasteiger partial charge is 0.261 e. The number of carbonyl (C=O) groups excluding carboxylic acids is 2. The van der Waals surface area contributed by atoms with Gasteiger partial charge in [0.1, 0.15) is 0 Å². The van der Waals surface area contributed by atoms with Crippen molar-refractivity contribution in [3.8, 4) is 11.1 Å². The first kappa shape index (κ1) is 23.5. The minimum atomic E-state index is -3.77. The Bertz CT molecular complexity index is 1200. The summed E-state index contributed by atoms with van der Waals surface area (Å²) in [4.78, 5) is 23.2. The molecule has 0 saturated carbocycles. The number of aryl methyl sites for hydroxylation is 1. The second kappa shape index (κ2) is 9.97. The predicted octanol–water partition coefficient (Wildman–Crippen LogP) is 5.53. The van der Waals surface area contributed by atoms with E-state index in [1.807, 2.05) is 13.0 Å². The van der Waals surface area contributed by atoms with Crippen LogP contribution in [0.2, 0.25) is 0 Å². The van der Waals surface area contributed by atoms with E-state index in [1.54, 1.807) is 36.4 Å². The summed E-state index contributed by atoms with van der Waals surface area (Å²) in [7, 11) is -3.77. The van der Waals surface area contributed by atoms with Gasteiger partial charge in [-0.3, -0.25) is 14.3 Å². The standard InChI is InChI=1S/C23H20INO4S2/c1-15-11-19(13-20(24)12-15)17-5-9-22(10-6-17)31(28,29)25-21-7-3-18(4-8-21)23(27)14-30-16(2)26/h3-13,25H,14H2,1-2H3. The topological polar surface area (TPSA) is 80.3 Å². The zero-order chi connectivity index (χ0) is 22.6. The molecule has 0 bridgehead atoms. The van der Waals surface area contributed by atoms with E-state index in [0.29, 0.717) is 11.3 Å². The predicted molar refractivity (Wildman–Crippen MR) is 134 cm³/mol. The van der Waals surface area contributed by atoms with Gasteiger partial charge in [-0.25, -0.2) is 8.42 Å². The van der Waals surface area contributed by atoms with Crippen LogP contribution in [0, 0.1) is 10.5 Å². The number of hydrogen-bond donors (Lipinski definition) is 1. The Morgan fingerprint density at radius 2 is 1.58 bits per heavy atom. The molecule has 0 atom stereocenters. The largest absolute Gasteiger partial charge is 0.293 e. The van der Waals surface area contributed by atoms with Gasteiger partial charge in [-0.1, -0.05) is 30.0 Å². The number of nitrogens with one attached hydrogen (secondary N) is 1. The van der Waals surface area contributed by atoms with Crippen molar-refractivity contribution in [3.05, 3.63) is 81.4 Å². The van der Waals surface area contributed by atoms with E-state index >= 15 is 0 Å². The van der Waals surface area contributed by atoms with Crippen molar-refractivity contribution in [2.75, 3.05) is 10.5 Å². The molecule has 0 unspecified atom stereocenters. The molecule has 8 heteroatoms. The average molecular weight is 565 g/mol. The van der Waals surface area contributed by atoms with Gasteiger partial charge in [0.2, 0.25) is 0 Å². The molecule has 0 aromatic heterocycles. The highest BCUT2D eigenvalue weighted by atomic mass is 127. The second-order valence-corrected chi connectivity index (χ2v) is 11.0. The third-order valence-corrected chi connectivity index (χ3v) is 7.24. The molecule has 0 amide bonds. The Balaban J connectivity index is 1.73. The van der Waals surface area contributed by atoms with Gasteiger partial charge in [0.05, 0.1) is 10.6 Å². The number of benzene rings is 3. The van der Waals surface area contributed by atoms with Gasteiger partial charge in [0.15, 0.2) is 10.9 Å². The van der Waals surface area contributed by atoms with E-state index in [9.17, 15) is 18.0 Å². The highest BCUT2D eigenvalue weighted by Crippen LogP contribution is 2.25. The normalized spacial score (nSPS) is 11.2. The van der Waals surface area contributed by atoms with Crippen LogP contribution in [0.1, 0.15) is 22.8 Å². The molecule has 5 nitrogen and oxygen atoms in total. The number of Topliss-reactive ketones (excluding diaryl/α,β-unsaturated/α-hetero) is 1. The summed E-state index contributed by atoms with van der Waals surface area (Å²) in [6, 6.07) is 19.1. The molecular weight excluding hydrogens is 545 g/mol. The molecule has 0 aliphatic rings. The lowest BCUT2D eigenvalue weighted by Crippen LogP contribution is -2.13. The number of rotatable bonds is 7. The lowest BCUT2D eigenvalue weighted by atomic mass is 10.0. The Labute approximate surface area is 199 Å². The molecule has 0 heterocycles. The maximum absolute atomic E-state index is 12.7. The van der Waals surface area contributed by atoms with Crippen LogP contribution < -0.4 is 4.72 Å². The Kier molecular flexibility index (Phi) is 7.55. The summed E-state index contributed by atoms with van der Waals surface area (Å²) in [5.74, 6) is -0.122. The summed E-state index contributed by atoms with van der Waals surface area (Å²) in [5.41, 5.74) is 3.89. The number of halogens is 1. The minimum absolute atomic E-state index is 0.0622.